The maximum atomic E-state index is 10.6. The third kappa shape index (κ3) is 2.71. The smallest absolute Gasteiger partial charge is 0.287 e. The lowest BCUT2D eigenvalue weighted by molar-refractivity contribution is -0.385. The molecule has 1 aromatic carbocycles. The lowest BCUT2D eigenvalue weighted by Crippen LogP contribution is -2.07. The van der Waals surface area contributed by atoms with Gasteiger partial charge in [-0.05, 0) is 30.7 Å². The van der Waals surface area contributed by atoms with Gasteiger partial charge in [0.1, 0.15) is 12.0 Å². The lowest BCUT2D eigenvalue weighted by atomic mass is 10.1. The number of nitro groups is 1. The number of hydrogen-bond donors (Lipinski definition) is 1. The molecule has 0 unspecified atom stereocenters. The second kappa shape index (κ2) is 5.28. The number of pyridine rings is 1. The van der Waals surface area contributed by atoms with Crippen LogP contribution in [0.2, 0.25) is 0 Å². The maximum absolute atomic E-state index is 10.6. The molecule has 1 N–H and O–H groups in total. The van der Waals surface area contributed by atoms with E-state index in [2.05, 4.69) is 10.3 Å². The maximum Gasteiger partial charge on any atom is 0.287 e. The minimum atomic E-state index is -0.474. The Hall–Kier alpha value is -2.83. The van der Waals surface area contributed by atoms with E-state index >= 15 is 0 Å². The Labute approximate surface area is 120 Å². The van der Waals surface area contributed by atoms with E-state index in [1.165, 1.54) is 12.3 Å². The van der Waals surface area contributed by atoms with E-state index in [0.29, 0.717) is 5.82 Å². The number of nitrogens with zero attached hydrogens (tertiary/aromatic N) is 2. The van der Waals surface area contributed by atoms with Crippen LogP contribution in [-0.2, 0) is 0 Å². The predicted octanol–water partition coefficient (Wildman–Crippen LogP) is 2.89. The Balaban J connectivity index is 1.73. The van der Waals surface area contributed by atoms with Gasteiger partial charge in [0, 0.05) is 6.07 Å². The number of rotatable bonds is 4. The summed E-state index contributed by atoms with van der Waals surface area (Å²) in [5.74, 6) is 2.03. The molecule has 0 amide bonds. The predicted molar refractivity (Wildman–Crippen MR) is 75.5 cm³/mol. The van der Waals surface area contributed by atoms with Crippen LogP contribution in [0.1, 0.15) is 18.5 Å². The van der Waals surface area contributed by atoms with Crippen molar-refractivity contribution in [2.75, 3.05) is 12.1 Å². The quantitative estimate of drug-likeness (QED) is 0.687. The van der Waals surface area contributed by atoms with Crippen LogP contribution in [0.15, 0.2) is 36.5 Å². The van der Waals surface area contributed by atoms with Crippen LogP contribution in [0.3, 0.4) is 0 Å². The highest BCUT2D eigenvalue weighted by Crippen LogP contribution is 2.34. The molecule has 2 aromatic rings. The molecule has 0 aliphatic carbocycles. The molecule has 1 atom stereocenters. The van der Waals surface area contributed by atoms with Crippen molar-refractivity contribution in [3.8, 4) is 11.5 Å². The molecule has 0 saturated carbocycles. The van der Waals surface area contributed by atoms with Crippen LogP contribution in [0.4, 0.5) is 11.5 Å². The Morgan fingerprint density at radius 1 is 1.29 bits per heavy atom. The van der Waals surface area contributed by atoms with E-state index in [0.717, 1.165) is 17.1 Å². The number of fused-ring (bicyclic) bond motifs is 1. The first-order chi connectivity index (χ1) is 10.1. The van der Waals surface area contributed by atoms with Crippen LogP contribution in [-0.4, -0.2) is 16.7 Å². The van der Waals surface area contributed by atoms with Gasteiger partial charge in [-0.15, -0.1) is 0 Å². The minimum absolute atomic E-state index is 0.0199. The zero-order valence-corrected chi connectivity index (χ0v) is 11.3. The van der Waals surface area contributed by atoms with Crippen LogP contribution in [0, 0.1) is 10.1 Å². The molecule has 0 bridgehead atoms. The van der Waals surface area contributed by atoms with Gasteiger partial charge in [-0.25, -0.2) is 4.98 Å². The van der Waals surface area contributed by atoms with E-state index in [-0.39, 0.29) is 18.5 Å². The summed E-state index contributed by atoms with van der Waals surface area (Å²) in [5, 5.41) is 13.8. The summed E-state index contributed by atoms with van der Waals surface area (Å²) >= 11 is 0. The fourth-order valence-corrected chi connectivity index (χ4v) is 2.07. The van der Waals surface area contributed by atoms with Gasteiger partial charge in [0.15, 0.2) is 11.5 Å². The first kappa shape index (κ1) is 13.2. The molecule has 1 aromatic heterocycles. The molecule has 7 nitrogen and oxygen atoms in total. The van der Waals surface area contributed by atoms with E-state index in [4.69, 9.17) is 9.47 Å². The molecule has 108 valence electrons. The van der Waals surface area contributed by atoms with E-state index in [1.54, 1.807) is 6.07 Å². The summed E-state index contributed by atoms with van der Waals surface area (Å²) in [7, 11) is 0. The average molecular weight is 287 g/mol. The Morgan fingerprint density at radius 2 is 2.10 bits per heavy atom. The lowest BCUT2D eigenvalue weighted by Gasteiger charge is -2.15. The van der Waals surface area contributed by atoms with Gasteiger partial charge < -0.3 is 14.8 Å². The number of benzene rings is 1. The summed E-state index contributed by atoms with van der Waals surface area (Å²) in [4.78, 5) is 14.1. The third-order valence-electron chi connectivity index (χ3n) is 3.22. The third-order valence-corrected chi connectivity index (χ3v) is 3.22. The highest BCUT2D eigenvalue weighted by atomic mass is 16.7. The molecule has 1 aliphatic rings. The molecule has 0 saturated heterocycles. The summed E-state index contributed by atoms with van der Waals surface area (Å²) in [6, 6.07) is 8.69. The molecule has 0 fully saturated rings. The Morgan fingerprint density at radius 3 is 2.81 bits per heavy atom. The molecule has 0 radical (unpaired) electrons. The summed E-state index contributed by atoms with van der Waals surface area (Å²) in [6.45, 7) is 2.21. The molecule has 7 heteroatoms. The molecular formula is C14H13N3O4. The molecule has 21 heavy (non-hydrogen) atoms. The van der Waals surface area contributed by atoms with Gasteiger partial charge in [0.05, 0.1) is 11.0 Å². The van der Waals surface area contributed by atoms with Crippen molar-refractivity contribution in [1.82, 2.24) is 4.98 Å². The second-order valence-corrected chi connectivity index (χ2v) is 4.64. The van der Waals surface area contributed by atoms with Crippen LogP contribution < -0.4 is 14.8 Å². The number of ether oxygens (including phenoxy) is 2. The van der Waals surface area contributed by atoms with Gasteiger partial charge in [-0.1, -0.05) is 6.07 Å². The minimum Gasteiger partial charge on any atom is -0.454 e. The van der Waals surface area contributed by atoms with Crippen molar-refractivity contribution < 1.29 is 14.4 Å². The number of anilines is 1. The summed E-state index contributed by atoms with van der Waals surface area (Å²) in [6.07, 6.45) is 1.23. The fourth-order valence-electron chi connectivity index (χ4n) is 2.07. The highest BCUT2D eigenvalue weighted by Gasteiger charge is 2.16. The Bertz CT molecular complexity index is 672. The normalized spacial score (nSPS) is 13.8. The van der Waals surface area contributed by atoms with Crippen molar-refractivity contribution in [3.63, 3.8) is 0 Å². The molecule has 0 spiro atoms. The first-order valence-corrected chi connectivity index (χ1v) is 6.40. The summed E-state index contributed by atoms with van der Waals surface area (Å²) < 4.78 is 10.6. The van der Waals surface area contributed by atoms with Gasteiger partial charge >= 0.3 is 0 Å². The number of hydrogen-bond acceptors (Lipinski definition) is 6. The van der Waals surface area contributed by atoms with Crippen LogP contribution >= 0.6 is 0 Å². The second-order valence-electron chi connectivity index (χ2n) is 4.64. The number of nitrogens with one attached hydrogen (secondary N) is 1. The van der Waals surface area contributed by atoms with Crippen molar-refractivity contribution in [1.29, 1.82) is 0 Å². The molecular weight excluding hydrogens is 274 g/mol. The van der Waals surface area contributed by atoms with Crippen molar-refractivity contribution in [2.45, 2.75) is 13.0 Å². The number of aromatic nitrogens is 1. The molecule has 2 heterocycles. The molecule has 1 aliphatic heterocycles. The monoisotopic (exact) mass is 287 g/mol. The van der Waals surface area contributed by atoms with Crippen LogP contribution in [0.25, 0.3) is 0 Å². The van der Waals surface area contributed by atoms with E-state index in [1.807, 2.05) is 25.1 Å². The van der Waals surface area contributed by atoms with Gasteiger partial charge in [-0.2, -0.15) is 0 Å². The van der Waals surface area contributed by atoms with Crippen LogP contribution in [0.5, 0.6) is 11.5 Å². The van der Waals surface area contributed by atoms with Gasteiger partial charge in [0.25, 0.3) is 5.69 Å². The highest BCUT2D eigenvalue weighted by molar-refractivity contribution is 5.48. The van der Waals surface area contributed by atoms with Crippen molar-refractivity contribution in [2.24, 2.45) is 0 Å². The van der Waals surface area contributed by atoms with E-state index in [9.17, 15) is 10.1 Å². The Kier molecular flexibility index (Phi) is 3.31. The van der Waals surface area contributed by atoms with E-state index < -0.39 is 4.92 Å². The zero-order chi connectivity index (χ0) is 14.8. The van der Waals surface area contributed by atoms with Crippen molar-refractivity contribution >= 4 is 11.5 Å². The summed E-state index contributed by atoms with van der Waals surface area (Å²) in [5.41, 5.74) is 0.982. The average Bonchev–Trinajstić information content (AvgIpc) is 2.95. The molecule has 3 rings (SSSR count). The largest absolute Gasteiger partial charge is 0.454 e. The zero-order valence-electron chi connectivity index (χ0n) is 11.3. The van der Waals surface area contributed by atoms with Crippen molar-refractivity contribution in [3.05, 3.63) is 52.2 Å². The topological polar surface area (TPSA) is 86.5 Å². The SMILES string of the molecule is C[C@H](Nc1ccc([N+](=O)[O-])cn1)c1ccc2c(c1)OCO2. The first-order valence-electron chi connectivity index (χ1n) is 6.40. The standard InChI is InChI=1S/C14H13N3O4/c1-9(10-2-4-12-13(6-10)21-8-20-12)16-14-5-3-11(7-15-14)17(18)19/h2-7,9H,8H2,1H3,(H,15,16)/t9-/m0/s1. The fraction of sp³-hybridized carbons (Fsp3) is 0.214. The van der Waals surface area contributed by atoms with Gasteiger partial charge in [0.2, 0.25) is 6.79 Å². The van der Waals surface area contributed by atoms with Gasteiger partial charge in [-0.3, -0.25) is 10.1 Å².